The van der Waals surface area contributed by atoms with Crippen molar-refractivity contribution >= 4 is 10.9 Å². The van der Waals surface area contributed by atoms with Gasteiger partial charge in [0, 0.05) is 32.4 Å². The maximum absolute atomic E-state index is 7.96. The van der Waals surface area contributed by atoms with Crippen molar-refractivity contribution in [2.24, 2.45) is 0 Å². The first-order valence-electron chi connectivity index (χ1n) is 6.25. The molecule has 0 saturated heterocycles. The molecular formula is C13H18N2O. The van der Waals surface area contributed by atoms with Gasteiger partial charge in [0.1, 0.15) is 5.75 Å². The Balaban J connectivity index is 2.35. The quantitative estimate of drug-likeness (QED) is 0.856. The zero-order valence-corrected chi connectivity index (χ0v) is 9.87. The van der Waals surface area contributed by atoms with E-state index in [1.807, 2.05) is 24.4 Å². The molecule has 0 bridgehead atoms. The maximum atomic E-state index is 7.96. The number of aromatic nitrogens is 1. The van der Waals surface area contributed by atoms with Crippen LogP contribution in [0.2, 0.25) is 0 Å². The molecule has 2 rings (SSSR count). The fraction of sp³-hybridized carbons (Fsp3) is 0.385. The highest BCUT2D eigenvalue weighted by molar-refractivity contribution is 5.84. The Hall–Kier alpha value is -1.48. The second-order valence-electron chi connectivity index (χ2n) is 3.95. The summed E-state index contributed by atoms with van der Waals surface area (Å²) < 4.78 is 21.1. The number of hydrogen-bond acceptors (Lipinski definition) is 2. The van der Waals surface area contributed by atoms with Crippen LogP contribution in [0, 0.1) is 0 Å². The molecular weight excluding hydrogens is 200 g/mol. The lowest BCUT2D eigenvalue weighted by atomic mass is 10.1. The van der Waals surface area contributed by atoms with E-state index in [0.717, 1.165) is 22.2 Å². The molecule has 1 heterocycles. The number of nitrogens with zero attached hydrogens (tertiary/aromatic N) is 1. The number of benzene rings is 1. The molecule has 16 heavy (non-hydrogen) atoms. The second kappa shape index (κ2) is 4.58. The molecule has 3 heteroatoms. The minimum absolute atomic E-state index is 0.354. The van der Waals surface area contributed by atoms with Crippen molar-refractivity contribution in [3.05, 3.63) is 30.0 Å². The van der Waals surface area contributed by atoms with Gasteiger partial charge in [-0.3, -0.25) is 0 Å². The van der Waals surface area contributed by atoms with Crippen LogP contribution in [-0.4, -0.2) is 37.6 Å². The van der Waals surface area contributed by atoms with E-state index in [2.05, 4.69) is 4.98 Å². The molecule has 0 atom stereocenters. The van der Waals surface area contributed by atoms with Crippen molar-refractivity contribution in [1.82, 2.24) is 9.88 Å². The average Bonchev–Trinajstić information content (AvgIpc) is 2.71. The topological polar surface area (TPSA) is 28.3 Å². The highest BCUT2D eigenvalue weighted by Crippen LogP contribution is 2.23. The number of aromatic amines is 1. The van der Waals surface area contributed by atoms with Crippen molar-refractivity contribution in [1.29, 1.82) is 0 Å². The number of methoxy groups -OCH3 is 1. The minimum Gasteiger partial charge on any atom is -0.497 e. The lowest BCUT2D eigenvalue weighted by Gasteiger charge is -2.08. The van der Waals surface area contributed by atoms with Gasteiger partial charge in [-0.2, -0.15) is 0 Å². The molecule has 0 aliphatic carbocycles. The van der Waals surface area contributed by atoms with Crippen LogP contribution in [0.15, 0.2) is 24.4 Å². The summed E-state index contributed by atoms with van der Waals surface area (Å²) in [6.07, 6.45) is 2.22. The minimum atomic E-state index is -1.35. The summed E-state index contributed by atoms with van der Waals surface area (Å²) in [7, 11) is 5.13. The van der Waals surface area contributed by atoms with Crippen LogP contribution in [0.1, 0.15) is 8.30 Å². The third-order valence-corrected chi connectivity index (χ3v) is 2.56. The van der Waals surface area contributed by atoms with E-state index in [1.165, 1.54) is 0 Å². The highest BCUT2D eigenvalue weighted by atomic mass is 16.5. The number of fused-ring (bicyclic) bond motifs is 1. The Bertz CT molecular complexity index is 549. The van der Waals surface area contributed by atoms with E-state index in [9.17, 15) is 0 Å². The maximum Gasteiger partial charge on any atom is 0.120 e. The highest BCUT2D eigenvalue weighted by Gasteiger charge is 2.04. The van der Waals surface area contributed by atoms with Crippen LogP contribution < -0.4 is 4.74 Å². The molecule has 0 aliphatic heterocycles. The Labute approximate surface area is 98.8 Å². The molecule has 0 fully saturated rings. The number of likely N-dealkylation sites (N-methyl/N-ethyl adjacent to an activating group) is 1. The first kappa shape index (κ1) is 8.65. The molecule has 0 saturated carbocycles. The molecule has 3 nitrogen and oxygen atoms in total. The number of H-pyrrole nitrogens is 1. The Morgan fingerprint density at radius 3 is 2.94 bits per heavy atom. The van der Waals surface area contributed by atoms with Crippen LogP contribution >= 0.6 is 0 Å². The predicted octanol–water partition coefficient (Wildman–Crippen LogP) is 2.28. The Morgan fingerprint density at radius 2 is 2.25 bits per heavy atom. The summed E-state index contributed by atoms with van der Waals surface area (Å²) in [6, 6.07) is 5.78. The van der Waals surface area contributed by atoms with Crippen molar-refractivity contribution in [3.8, 4) is 5.75 Å². The third-order valence-electron chi connectivity index (χ3n) is 2.56. The van der Waals surface area contributed by atoms with Crippen LogP contribution in [0.5, 0.6) is 5.75 Å². The van der Waals surface area contributed by atoms with E-state index in [1.54, 1.807) is 26.1 Å². The van der Waals surface area contributed by atoms with Gasteiger partial charge in [-0.1, -0.05) is 0 Å². The normalized spacial score (nSPS) is 14.0. The molecule has 1 aromatic carbocycles. The zero-order valence-electron chi connectivity index (χ0n) is 11.9. The van der Waals surface area contributed by atoms with Crippen molar-refractivity contribution in [2.75, 3.05) is 27.7 Å². The van der Waals surface area contributed by atoms with Crippen molar-refractivity contribution in [2.45, 2.75) is 6.42 Å². The average molecular weight is 220 g/mol. The number of rotatable bonds is 4. The van der Waals surface area contributed by atoms with Gasteiger partial charge in [0.25, 0.3) is 0 Å². The van der Waals surface area contributed by atoms with Gasteiger partial charge in [0.05, 0.1) is 7.11 Å². The molecule has 0 spiro atoms. The number of nitrogens with one attached hydrogen (secondary N) is 1. The zero-order chi connectivity index (χ0) is 13.3. The molecule has 86 valence electrons. The SMILES string of the molecule is [2H]C([2H])(Cc1c[nH]c2cc(OC)ccc12)N(C)C. The Morgan fingerprint density at radius 1 is 1.44 bits per heavy atom. The van der Waals surface area contributed by atoms with Gasteiger partial charge in [0.2, 0.25) is 0 Å². The van der Waals surface area contributed by atoms with Gasteiger partial charge in [0.15, 0.2) is 0 Å². The summed E-state index contributed by atoms with van der Waals surface area (Å²) in [5, 5.41) is 1.04. The van der Waals surface area contributed by atoms with Gasteiger partial charge < -0.3 is 14.6 Å². The largest absolute Gasteiger partial charge is 0.497 e. The molecule has 1 aromatic heterocycles. The van der Waals surface area contributed by atoms with Crippen LogP contribution in [0.25, 0.3) is 10.9 Å². The molecule has 1 N–H and O–H groups in total. The van der Waals surface area contributed by atoms with Gasteiger partial charge in [-0.25, -0.2) is 0 Å². The summed E-state index contributed by atoms with van der Waals surface area (Å²) in [6.45, 7) is -1.35. The molecule has 0 radical (unpaired) electrons. The fourth-order valence-corrected chi connectivity index (χ4v) is 1.68. The van der Waals surface area contributed by atoms with Gasteiger partial charge >= 0.3 is 0 Å². The number of ether oxygens (including phenoxy) is 1. The predicted molar refractivity (Wildman–Crippen MR) is 67.1 cm³/mol. The molecule has 0 unspecified atom stereocenters. The lowest BCUT2D eigenvalue weighted by Crippen LogP contribution is -2.14. The summed E-state index contributed by atoms with van der Waals surface area (Å²) in [5.41, 5.74) is 1.95. The number of aryl methyl sites for hydroxylation is 1. The van der Waals surface area contributed by atoms with Crippen LogP contribution in [-0.2, 0) is 6.42 Å². The summed E-state index contributed by atoms with van der Waals surface area (Å²) >= 11 is 0. The van der Waals surface area contributed by atoms with Crippen LogP contribution in [0.3, 0.4) is 0 Å². The Kier molecular flexibility index (Phi) is 2.47. The van der Waals surface area contributed by atoms with Gasteiger partial charge in [-0.05, 0) is 38.2 Å². The first-order valence-corrected chi connectivity index (χ1v) is 5.25. The van der Waals surface area contributed by atoms with Gasteiger partial charge in [-0.15, -0.1) is 0 Å². The van der Waals surface area contributed by atoms with Crippen molar-refractivity contribution in [3.63, 3.8) is 0 Å². The number of hydrogen-bond donors (Lipinski definition) is 1. The van der Waals surface area contributed by atoms with E-state index < -0.39 is 6.50 Å². The fourth-order valence-electron chi connectivity index (χ4n) is 1.68. The molecule has 0 aliphatic rings. The molecule has 2 aromatic rings. The molecule has 0 amide bonds. The first-order chi connectivity index (χ1) is 8.44. The summed E-state index contributed by atoms with van der Waals surface area (Å²) in [4.78, 5) is 4.75. The van der Waals surface area contributed by atoms with E-state index in [-0.39, 0.29) is 0 Å². The monoisotopic (exact) mass is 220 g/mol. The van der Waals surface area contributed by atoms with Crippen LogP contribution in [0.4, 0.5) is 0 Å². The van der Waals surface area contributed by atoms with E-state index >= 15 is 0 Å². The van der Waals surface area contributed by atoms with Crippen molar-refractivity contribution < 1.29 is 7.48 Å². The smallest absolute Gasteiger partial charge is 0.120 e. The summed E-state index contributed by atoms with van der Waals surface area (Å²) in [5.74, 6) is 0.798. The van der Waals surface area contributed by atoms with E-state index in [0.29, 0.717) is 6.42 Å². The van der Waals surface area contributed by atoms with E-state index in [4.69, 9.17) is 7.48 Å². The lowest BCUT2D eigenvalue weighted by molar-refractivity contribution is 0.414. The second-order valence-corrected chi connectivity index (χ2v) is 3.95. The third kappa shape index (κ3) is 2.19. The standard InChI is InChI=1S/C13H18N2O/c1-15(2)7-6-10-9-14-13-8-11(16-3)4-5-12(10)13/h4-5,8-9,14H,6-7H2,1-3H3/i7D2.